The van der Waals surface area contributed by atoms with Gasteiger partial charge in [0.15, 0.2) is 0 Å². The number of nitrogens with zero attached hydrogens (tertiary/aromatic N) is 1. The van der Waals surface area contributed by atoms with Gasteiger partial charge in [0.1, 0.15) is 0 Å². The van der Waals surface area contributed by atoms with E-state index >= 15 is 0 Å². The average molecular weight is 254 g/mol. The van der Waals surface area contributed by atoms with Gasteiger partial charge in [-0.2, -0.15) is 0 Å². The molecule has 108 valence electrons. The zero-order valence-corrected chi connectivity index (χ0v) is 13.4. The first kappa shape index (κ1) is 16.0. The number of nitrogens with one attached hydrogen (secondary N) is 1. The summed E-state index contributed by atoms with van der Waals surface area (Å²) in [7, 11) is 0. The van der Waals surface area contributed by atoms with E-state index in [0.717, 1.165) is 24.9 Å². The van der Waals surface area contributed by atoms with Gasteiger partial charge >= 0.3 is 0 Å². The number of likely N-dealkylation sites (tertiary alicyclic amines) is 1. The van der Waals surface area contributed by atoms with E-state index in [1.807, 2.05) is 0 Å². The molecule has 1 aliphatic rings. The van der Waals surface area contributed by atoms with E-state index in [-0.39, 0.29) is 0 Å². The molecule has 1 fully saturated rings. The summed E-state index contributed by atoms with van der Waals surface area (Å²) in [5.74, 6) is 1.49. The lowest BCUT2D eigenvalue weighted by molar-refractivity contribution is 0.0628. The molecule has 1 aliphatic heterocycles. The highest BCUT2D eigenvalue weighted by atomic mass is 15.2. The molecule has 0 radical (unpaired) electrons. The summed E-state index contributed by atoms with van der Waals surface area (Å²) in [5.41, 5.74) is 0.511. The van der Waals surface area contributed by atoms with Gasteiger partial charge in [-0.1, -0.05) is 34.6 Å². The quantitative estimate of drug-likeness (QED) is 0.782. The third kappa shape index (κ3) is 5.27. The van der Waals surface area contributed by atoms with Crippen molar-refractivity contribution in [1.29, 1.82) is 0 Å². The molecule has 0 spiro atoms. The van der Waals surface area contributed by atoms with Crippen molar-refractivity contribution in [3.05, 3.63) is 0 Å². The fourth-order valence-electron chi connectivity index (χ4n) is 2.95. The summed E-state index contributed by atoms with van der Waals surface area (Å²) in [6.07, 6.45) is 2.75. The second-order valence-corrected chi connectivity index (χ2v) is 7.51. The molecule has 2 atom stereocenters. The van der Waals surface area contributed by atoms with Crippen LogP contribution in [0, 0.1) is 17.3 Å². The predicted molar refractivity (Wildman–Crippen MR) is 80.9 cm³/mol. The minimum absolute atomic E-state index is 0.511. The summed E-state index contributed by atoms with van der Waals surface area (Å²) in [6, 6.07) is 0.698. The van der Waals surface area contributed by atoms with Crippen LogP contribution in [0.1, 0.15) is 54.4 Å². The van der Waals surface area contributed by atoms with Crippen molar-refractivity contribution in [3.8, 4) is 0 Å². The molecular formula is C16H34N2. The standard InChI is InChI=1S/C16H34N2/c1-13(2)10-17-11-14(3)15(4)18-9-7-8-16(5,6)12-18/h13-15,17H,7-12H2,1-6H3. The highest BCUT2D eigenvalue weighted by Gasteiger charge is 2.30. The van der Waals surface area contributed by atoms with Crippen LogP contribution in [0.15, 0.2) is 0 Å². The Morgan fingerprint density at radius 3 is 2.33 bits per heavy atom. The highest BCUT2D eigenvalue weighted by molar-refractivity contribution is 4.84. The number of hydrogen-bond donors (Lipinski definition) is 1. The SMILES string of the molecule is CC(C)CNCC(C)C(C)N1CCCC(C)(C)C1. The topological polar surface area (TPSA) is 15.3 Å². The van der Waals surface area contributed by atoms with Crippen LogP contribution in [-0.2, 0) is 0 Å². The van der Waals surface area contributed by atoms with Crippen molar-refractivity contribution in [2.24, 2.45) is 17.3 Å². The lowest BCUT2D eigenvalue weighted by atomic mass is 9.83. The second-order valence-electron chi connectivity index (χ2n) is 7.51. The van der Waals surface area contributed by atoms with Crippen LogP contribution in [0.25, 0.3) is 0 Å². The molecule has 1 rings (SSSR count). The second kappa shape index (κ2) is 6.91. The molecule has 0 aromatic heterocycles. The van der Waals surface area contributed by atoms with E-state index in [1.54, 1.807) is 0 Å². The van der Waals surface area contributed by atoms with Gasteiger partial charge in [0.25, 0.3) is 0 Å². The molecule has 0 aromatic carbocycles. The van der Waals surface area contributed by atoms with E-state index in [4.69, 9.17) is 0 Å². The van der Waals surface area contributed by atoms with E-state index in [0.29, 0.717) is 11.5 Å². The molecule has 0 saturated carbocycles. The molecule has 1 saturated heterocycles. The monoisotopic (exact) mass is 254 g/mol. The van der Waals surface area contributed by atoms with Crippen LogP contribution in [0.5, 0.6) is 0 Å². The largest absolute Gasteiger partial charge is 0.316 e. The van der Waals surface area contributed by atoms with Crippen LogP contribution >= 0.6 is 0 Å². The maximum atomic E-state index is 3.60. The zero-order valence-electron chi connectivity index (χ0n) is 13.4. The van der Waals surface area contributed by atoms with E-state index in [2.05, 4.69) is 51.8 Å². The predicted octanol–water partition coefficient (Wildman–Crippen LogP) is 3.38. The Morgan fingerprint density at radius 2 is 1.78 bits per heavy atom. The van der Waals surface area contributed by atoms with Gasteiger partial charge in [0, 0.05) is 12.6 Å². The Morgan fingerprint density at radius 1 is 1.11 bits per heavy atom. The van der Waals surface area contributed by atoms with Crippen LogP contribution in [0.3, 0.4) is 0 Å². The minimum atomic E-state index is 0.511. The first-order valence-electron chi connectivity index (χ1n) is 7.76. The van der Waals surface area contributed by atoms with Gasteiger partial charge in [0.05, 0.1) is 0 Å². The Bertz CT molecular complexity index is 235. The molecule has 0 aliphatic carbocycles. The van der Waals surface area contributed by atoms with Crippen LogP contribution < -0.4 is 5.32 Å². The summed E-state index contributed by atoms with van der Waals surface area (Å²) in [4.78, 5) is 2.70. The maximum absolute atomic E-state index is 3.60. The minimum Gasteiger partial charge on any atom is -0.316 e. The highest BCUT2D eigenvalue weighted by Crippen LogP contribution is 2.30. The van der Waals surface area contributed by atoms with E-state index < -0.39 is 0 Å². The Labute approximate surface area is 115 Å². The molecule has 0 aromatic rings. The summed E-state index contributed by atoms with van der Waals surface area (Å²) < 4.78 is 0. The summed E-state index contributed by atoms with van der Waals surface area (Å²) >= 11 is 0. The van der Waals surface area contributed by atoms with Gasteiger partial charge in [-0.3, -0.25) is 4.90 Å². The summed E-state index contributed by atoms with van der Waals surface area (Å²) in [6.45, 7) is 19.0. The third-order valence-corrected chi connectivity index (χ3v) is 4.35. The van der Waals surface area contributed by atoms with Crippen molar-refractivity contribution in [2.75, 3.05) is 26.2 Å². The lowest BCUT2D eigenvalue weighted by Gasteiger charge is -2.43. The van der Waals surface area contributed by atoms with Crippen molar-refractivity contribution >= 4 is 0 Å². The van der Waals surface area contributed by atoms with Crippen molar-refractivity contribution in [2.45, 2.75) is 60.4 Å². The van der Waals surface area contributed by atoms with Gasteiger partial charge in [-0.05, 0) is 56.7 Å². The number of rotatable bonds is 6. The smallest absolute Gasteiger partial charge is 0.0105 e. The Balaban J connectivity index is 2.35. The molecule has 0 bridgehead atoms. The number of piperidine rings is 1. The molecule has 2 heteroatoms. The molecule has 1 heterocycles. The van der Waals surface area contributed by atoms with Gasteiger partial charge in [-0.15, -0.1) is 0 Å². The fraction of sp³-hybridized carbons (Fsp3) is 1.00. The van der Waals surface area contributed by atoms with Crippen molar-refractivity contribution in [1.82, 2.24) is 10.2 Å². The van der Waals surface area contributed by atoms with E-state index in [9.17, 15) is 0 Å². The number of hydrogen-bond acceptors (Lipinski definition) is 2. The van der Waals surface area contributed by atoms with Gasteiger partial charge in [0.2, 0.25) is 0 Å². The van der Waals surface area contributed by atoms with E-state index in [1.165, 1.54) is 25.9 Å². The summed E-state index contributed by atoms with van der Waals surface area (Å²) in [5, 5.41) is 3.60. The molecule has 18 heavy (non-hydrogen) atoms. The van der Waals surface area contributed by atoms with Gasteiger partial charge in [-0.25, -0.2) is 0 Å². The molecule has 1 N–H and O–H groups in total. The van der Waals surface area contributed by atoms with Crippen LogP contribution in [0.4, 0.5) is 0 Å². The fourth-order valence-corrected chi connectivity index (χ4v) is 2.95. The van der Waals surface area contributed by atoms with Crippen molar-refractivity contribution < 1.29 is 0 Å². The first-order valence-corrected chi connectivity index (χ1v) is 7.76. The van der Waals surface area contributed by atoms with Gasteiger partial charge < -0.3 is 5.32 Å². The maximum Gasteiger partial charge on any atom is 0.0105 e. The average Bonchev–Trinajstić information content (AvgIpc) is 2.26. The Kier molecular flexibility index (Phi) is 6.13. The van der Waals surface area contributed by atoms with Crippen LogP contribution in [0.2, 0.25) is 0 Å². The zero-order chi connectivity index (χ0) is 13.8. The first-order chi connectivity index (χ1) is 8.32. The normalized spacial score (nSPS) is 24.2. The lowest BCUT2D eigenvalue weighted by Crippen LogP contribution is -2.48. The van der Waals surface area contributed by atoms with Crippen LogP contribution in [-0.4, -0.2) is 37.1 Å². The Hall–Kier alpha value is -0.0800. The third-order valence-electron chi connectivity index (χ3n) is 4.35. The molecule has 2 nitrogen and oxygen atoms in total. The molecular weight excluding hydrogens is 220 g/mol. The van der Waals surface area contributed by atoms with Crippen molar-refractivity contribution in [3.63, 3.8) is 0 Å². The molecule has 0 amide bonds. The molecule has 2 unspecified atom stereocenters.